The van der Waals surface area contributed by atoms with Gasteiger partial charge in [0.05, 0.1) is 6.04 Å². The number of amides is 1. The average Bonchev–Trinajstić information content (AvgIpc) is 2.67. The minimum Gasteiger partial charge on any atom is -0.377 e. The van der Waals surface area contributed by atoms with Crippen LogP contribution in [0, 0.1) is 5.41 Å². The molecule has 142 valence electrons. The SMILES string of the molecule is CC1(C)Cc2cc(C(N)=O)ccc2NC1c1cccc(N2CCNCC2)c1. The Labute approximate surface area is 160 Å². The molecule has 2 heterocycles. The maximum absolute atomic E-state index is 11.5. The Hall–Kier alpha value is -2.53. The molecule has 4 rings (SSSR count). The van der Waals surface area contributed by atoms with Gasteiger partial charge in [-0.15, -0.1) is 0 Å². The van der Waals surface area contributed by atoms with Crippen LogP contribution in [0.25, 0.3) is 0 Å². The van der Waals surface area contributed by atoms with Crippen LogP contribution < -0.4 is 21.3 Å². The monoisotopic (exact) mass is 364 g/mol. The van der Waals surface area contributed by atoms with Crippen LogP contribution in [0.3, 0.4) is 0 Å². The highest BCUT2D eigenvalue weighted by atomic mass is 16.1. The Bertz CT molecular complexity index is 855. The summed E-state index contributed by atoms with van der Waals surface area (Å²) < 4.78 is 0. The number of anilines is 2. The number of benzene rings is 2. The van der Waals surface area contributed by atoms with Crippen molar-refractivity contribution in [2.24, 2.45) is 11.1 Å². The van der Waals surface area contributed by atoms with E-state index in [4.69, 9.17) is 5.73 Å². The van der Waals surface area contributed by atoms with Gasteiger partial charge in [0, 0.05) is 43.1 Å². The number of fused-ring (bicyclic) bond motifs is 1. The number of nitrogens with two attached hydrogens (primary N) is 1. The van der Waals surface area contributed by atoms with Crippen LogP contribution in [0.1, 0.15) is 41.4 Å². The number of nitrogens with one attached hydrogen (secondary N) is 2. The van der Waals surface area contributed by atoms with E-state index in [0.29, 0.717) is 5.56 Å². The minimum atomic E-state index is -0.374. The van der Waals surface area contributed by atoms with Gasteiger partial charge in [-0.25, -0.2) is 0 Å². The number of piperazine rings is 1. The molecule has 0 bridgehead atoms. The van der Waals surface area contributed by atoms with Crippen molar-refractivity contribution in [3.8, 4) is 0 Å². The van der Waals surface area contributed by atoms with Crippen LogP contribution in [0.15, 0.2) is 42.5 Å². The Morgan fingerprint density at radius 2 is 1.93 bits per heavy atom. The van der Waals surface area contributed by atoms with Gasteiger partial charge in [-0.2, -0.15) is 0 Å². The number of rotatable bonds is 3. The molecular weight excluding hydrogens is 336 g/mol. The number of nitrogens with zero attached hydrogens (tertiary/aromatic N) is 1. The van der Waals surface area contributed by atoms with Crippen LogP contribution in [0.4, 0.5) is 11.4 Å². The zero-order chi connectivity index (χ0) is 19.0. The molecule has 1 atom stereocenters. The first-order valence-electron chi connectivity index (χ1n) is 9.69. The Balaban J connectivity index is 1.65. The van der Waals surface area contributed by atoms with E-state index in [2.05, 4.69) is 53.6 Å². The Morgan fingerprint density at radius 3 is 2.67 bits per heavy atom. The standard InChI is InChI=1S/C22H28N4O/c1-22(2)14-17-12-16(21(23)27)6-7-19(17)25-20(22)15-4-3-5-18(13-15)26-10-8-24-9-11-26/h3-7,12-13,20,24-25H,8-11,14H2,1-2H3,(H2,23,27). The quantitative estimate of drug-likeness (QED) is 0.783. The molecule has 27 heavy (non-hydrogen) atoms. The molecule has 0 radical (unpaired) electrons. The van der Waals surface area contributed by atoms with E-state index < -0.39 is 0 Å². The zero-order valence-electron chi connectivity index (χ0n) is 16.1. The van der Waals surface area contributed by atoms with Gasteiger partial charge in [0.15, 0.2) is 0 Å². The highest BCUT2D eigenvalue weighted by molar-refractivity contribution is 5.93. The number of carbonyl (C=O) groups excluding carboxylic acids is 1. The summed E-state index contributed by atoms with van der Waals surface area (Å²) >= 11 is 0. The summed E-state index contributed by atoms with van der Waals surface area (Å²) in [5.74, 6) is -0.374. The van der Waals surface area contributed by atoms with Crippen molar-refractivity contribution >= 4 is 17.3 Å². The molecule has 0 saturated carbocycles. The maximum atomic E-state index is 11.5. The lowest BCUT2D eigenvalue weighted by molar-refractivity contribution is 0.1000. The van der Waals surface area contributed by atoms with E-state index >= 15 is 0 Å². The molecule has 5 nitrogen and oxygen atoms in total. The second-order valence-corrected chi connectivity index (χ2v) is 8.31. The summed E-state index contributed by atoms with van der Waals surface area (Å²) in [6.45, 7) is 8.72. The summed E-state index contributed by atoms with van der Waals surface area (Å²) in [5, 5.41) is 7.13. The van der Waals surface area contributed by atoms with Gasteiger partial charge in [0.2, 0.25) is 5.91 Å². The van der Waals surface area contributed by atoms with Crippen molar-refractivity contribution in [3.63, 3.8) is 0 Å². The third kappa shape index (κ3) is 3.52. The summed E-state index contributed by atoms with van der Waals surface area (Å²) in [5.41, 5.74) is 10.9. The van der Waals surface area contributed by atoms with Crippen molar-refractivity contribution in [1.29, 1.82) is 0 Å². The predicted octanol–water partition coefficient (Wildman–Crippen LogP) is 2.93. The first kappa shape index (κ1) is 17.9. The molecule has 1 fully saturated rings. The summed E-state index contributed by atoms with van der Waals surface area (Å²) in [6, 6.07) is 14.8. The second-order valence-electron chi connectivity index (χ2n) is 8.31. The van der Waals surface area contributed by atoms with Crippen LogP contribution in [-0.4, -0.2) is 32.1 Å². The zero-order valence-corrected chi connectivity index (χ0v) is 16.1. The molecule has 2 aliphatic rings. The largest absolute Gasteiger partial charge is 0.377 e. The maximum Gasteiger partial charge on any atom is 0.248 e. The first-order valence-corrected chi connectivity index (χ1v) is 9.69. The van der Waals surface area contributed by atoms with Gasteiger partial charge < -0.3 is 21.3 Å². The van der Waals surface area contributed by atoms with E-state index in [0.717, 1.165) is 43.9 Å². The molecule has 4 N–H and O–H groups in total. The molecule has 1 amide bonds. The van der Waals surface area contributed by atoms with Gasteiger partial charge in [0.1, 0.15) is 0 Å². The van der Waals surface area contributed by atoms with Crippen molar-refractivity contribution in [2.75, 3.05) is 36.4 Å². The third-order valence-electron chi connectivity index (χ3n) is 5.80. The number of carbonyl (C=O) groups is 1. The lowest BCUT2D eigenvalue weighted by atomic mass is 9.72. The number of hydrogen-bond acceptors (Lipinski definition) is 4. The van der Waals surface area contributed by atoms with Crippen LogP contribution in [-0.2, 0) is 6.42 Å². The molecule has 0 spiro atoms. The van der Waals surface area contributed by atoms with Crippen LogP contribution >= 0.6 is 0 Å². The van der Waals surface area contributed by atoms with E-state index in [1.165, 1.54) is 11.3 Å². The van der Waals surface area contributed by atoms with Crippen molar-refractivity contribution in [2.45, 2.75) is 26.3 Å². The molecule has 5 heteroatoms. The first-order chi connectivity index (χ1) is 12.9. The predicted molar refractivity (Wildman–Crippen MR) is 110 cm³/mol. The molecule has 1 saturated heterocycles. The van der Waals surface area contributed by atoms with Gasteiger partial charge in [-0.3, -0.25) is 4.79 Å². The lowest BCUT2D eigenvalue weighted by Gasteiger charge is -2.42. The van der Waals surface area contributed by atoms with Crippen molar-refractivity contribution in [1.82, 2.24) is 5.32 Å². The summed E-state index contributed by atoms with van der Waals surface area (Å²) in [6.07, 6.45) is 0.902. The Kier molecular flexibility index (Phi) is 4.56. The highest BCUT2D eigenvalue weighted by Crippen LogP contribution is 2.45. The smallest absolute Gasteiger partial charge is 0.248 e. The fourth-order valence-corrected chi connectivity index (χ4v) is 4.34. The molecule has 2 aromatic carbocycles. The molecular formula is C22H28N4O. The molecule has 0 aliphatic carbocycles. The van der Waals surface area contributed by atoms with E-state index in [9.17, 15) is 4.79 Å². The van der Waals surface area contributed by atoms with Gasteiger partial charge in [0.25, 0.3) is 0 Å². The van der Waals surface area contributed by atoms with Crippen molar-refractivity contribution < 1.29 is 4.79 Å². The van der Waals surface area contributed by atoms with E-state index in [-0.39, 0.29) is 17.4 Å². The van der Waals surface area contributed by atoms with Gasteiger partial charge in [-0.1, -0.05) is 26.0 Å². The van der Waals surface area contributed by atoms with Crippen molar-refractivity contribution in [3.05, 3.63) is 59.2 Å². The van der Waals surface area contributed by atoms with Gasteiger partial charge >= 0.3 is 0 Å². The third-order valence-corrected chi connectivity index (χ3v) is 5.80. The lowest BCUT2D eigenvalue weighted by Crippen LogP contribution is -2.43. The molecule has 2 aliphatic heterocycles. The fourth-order valence-electron chi connectivity index (χ4n) is 4.34. The minimum absolute atomic E-state index is 0.0192. The highest BCUT2D eigenvalue weighted by Gasteiger charge is 2.36. The second kappa shape index (κ2) is 6.89. The normalized spacial score (nSPS) is 21.3. The number of primary amides is 1. The molecule has 2 aromatic rings. The molecule has 0 aromatic heterocycles. The van der Waals surface area contributed by atoms with E-state index in [1.807, 2.05) is 12.1 Å². The Morgan fingerprint density at radius 1 is 1.15 bits per heavy atom. The fraction of sp³-hybridized carbons (Fsp3) is 0.409. The summed E-state index contributed by atoms with van der Waals surface area (Å²) in [4.78, 5) is 14.0. The van der Waals surface area contributed by atoms with E-state index in [1.54, 1.807) is 6.07 Å². The number of hydrogen-bond donors (Lipinski definition) is 3. The van der Waals surface area contributed by atoms with Gasteiger partial charge in [-0.05, 0) is 53.3 Å². The summed E-state index contributed by atoms with van der Waals surface area (Å²) in [7, 11) is 0. The molecule has 1 unspecified atom stereocenters. The average molecular weight is 364 g/mol. The van der Waals surface area contributed by atoms with Crippen LogP contribution in [0.5, 0.6) is 0 Å². The topological polar surface area (TPSA) is 70.4 Å². The van der Waals surface area contributed by atoms with Crippen LogP contribution in [0.2, 0.25) is 0 Å².